The molecular formula is C14H10ClN3O3S. The highest BCUT2D eigenvalue weighted by atomic mass is 35.5. The van der Waals surface area contributed by atoms with E-state index in [1.54, 1.807) is 12.1 Å². The average molecular weight is 336 g/mol. The molecule has 0 fully saturated rings. The highest BCUT2D eigenvalue weighted by Crippen LogP contribution is 2.25. The number of nitriles is 1. The fourth-order valence-corrected chi connectivity index (χ4v) is 2.91. The van der Waals surface area contributed by atoms with Gasteiger partial charge in [0, 0.05) is 12.5 Å². The Morgan fingerprint density at radius 1 is 1.41 bits per heavy atom. The van der Waals surface area contributed by atoms with Gasteiger partial charge in [-0.15, -0.1) is 0 Å². The molecule has 1 aromatic heterocycles. The van der Waals surface area contributed by atoms with Gasteiger partial charge in [0.2, 0.25) is 0 Å². The largest absolute Gasteiger partial charge is 0.321 e. The molecule has 0 atom stereocenters. The lowest BCUT2D eigenvalue weighted by molar-refractivity contribution is 0.102. The summed E-state index contributed by atoms with van der Waals surface area (Å²) in [6.07, 6.45) is 3.92. The topological polar surface area (TPSA) is 99.9 Å². The lowest BCUT2D eigenvalue weighted by atomic mass is 10.1. The summed E-state index contributed by atoms with van der Waals surface area (Å²) < 4.78 is 23.7. The Labute approximate surface area is 132 Å². The molecule has 2 aromatic rings. The quantitative estimate of drug-likeness (QED) is 0.927. The number of benzene rings is 1. The summed E-state index contributed by atoms with van der Waals surface area (Å²) in [6.45, 7) is 0. The van der Waals surface area contributed by atoms with Gasteiger partial charge < -0.3 is 5.32 Å². The maximum atomic E-state index is 12.3. The molecule has 0 radical (unpaired) electrons. The Balaban J connectivity index is 2.53. The number of nitrogens with zero attached hydrogens (tertiary/aromatic N) is 2. The molecule has 2 rings (SSSR count). The van der Waals surface area contributed by atoms with Crippen LogP contribution in [0.3, 0.4) is 0 Å². The lowest BCUT2D eigenvalue weighted by Gasteiger charge is -2.10. The average Bonchev–Trinajstić information content (AvgIpc) is 2.47. The number of hydrogen-bond donors (Lipinski definition) is 1. The second-order valence-electron chi connectivity index (χ2n) is 4.41. The number of pyridine rings is 1. The molecule has 112 valence electrons. The minimum absolute atomic E-state index is 0.0189. The Morgan fingerprint density at radius 3 is 2.68 bits per heavy atom. The Kier molecular flexibility index (Phi) is 4.45. The van der Waals surface area contributed by atoms with Crippen molar-refractivity contribution in [1.29, 1.82) is 5.26 Å². The number of nitrogens with one attached hydrogen (secondary N) is 1. The first-order valence-electron chi connectivity index (χ1n) is 5.98. The molecule has 1 N–H and O–H groups in total. The highest BCUT2D eigenvalue weighted by molar-refractivity contribution is 7.90. The van der Waals surface area contributed by atoms with E-state index in [-0.39, 0.29) is 21.0 Å². The Hall–Kier alpha value is -2.43. The van der Waals surface area contributed by atoms with E-state index >= 15 is 0 Å². The van der Waals surface area contributed by atoms with E-state index < -0.39 is 15.7 Å². The van der Waals surface area contributed by atoms with Crippen molar-refractivity contribution in [1.82, 2.24) is 4.98 Å². The standard InChI is InChI=1S/C14H10ClN3O3S/c1-22(20,21)13-6-12(15)9(7-16)5-11(13)14(19)18-10-3-2-4-17-8-10/h2-6,8H,1H3,(H,18,19). The highest BCUT2D eigenvalue weighted by Gasteiger charge is 2.21. The monoisotopic (exact) mass is 335 g/mol. The Bertz CT molecular complexity index is 874. The number of anilines is 1. The molecule has 1 heterocycles. The molecule has 1 amide bonds. The second-order valence-corrected chi connectivity index (χ2v) is 6.80. The van der Waals surface area contributed by atoms with Gasteiger partial charge in [-0.1, -0.05) is 11.6 Å². The van der Waals surface area contributed by atoms with Crippen molar-refractivity contribution in [2.24, 2.45) is 0 Å². The van der Waals surface area contributed by atoms with Gasteiger partial charge in [0.05, 0.1) is 32.9 Å². The first-order valence-corrected chi connectivity index (χ1v) is 8.25. The minimum Gasteiger partial charge on any atom is -0.321 e. The number of aromatic nitrogens is 1. The van der Waals surface area contributed by atoms with Crippen LogP contribution in [-0.2, 0) is 9.84 Å². The Morgan fingerprint density at radius 2 is 2.14 bits per heavy atom. The summed E-state index contributed by atoms with van der Waals surface area (Å²) in [5.74, 6) is -0.665. The first-order chi connectivity index (χ1) is 10.3. The van der Waals surface area contributed by atoms with Crippen LogP contribution in [0.4, 0.5) is 5.69 Å². The van der Waals surface area contributed by atoms with E-state index in [1.165, 1.54) is 12.4 Å². The number of halogens is 1. The predicted molar refractivity (Wildman–Crippen MR) is 81.5 cm³/mol. The molecule has 0 saturated heterocycles. The molecule has 0 spiro atoms. The fraction of sp³-hybridized carbons (Fsp3) is 0.0714. The van der Waals surface area contributed by atoms with Gasteiger partial charge in [-0.3, -0.25) is 9.78 Å². The van der Waals surface area contributed by atoms with Gasteiger partial charge in [-0.25, -0.2) is 8.42 Å². The van der Waals surface area contributed by atoms with Gasteiger partial charge in [-0.2, -0.15) is 5.26 Å². The molecule has 22 heavy (non-hydrogen) atoms. The number of amides is 1. The van der Waals surface area contributed by atoms with Crippen LogP contribution in [0.1, 0.15) is 15.9 Å². The molecular weight excluding hydrogens is 326 g/mol. The SMILES string of the molecule is CS(=O)(=O)c1cc(Cl)c(C#N)cc1C(=O)Nc1cccnc1. The minimum atomic E-state index is -3.69. The number of rotatable bonds is 3. The van der Waals surface area contributed by atoms with Crippen molar-refractivity contribution in [3.05, 3.63) is 52.8 Å². The van der Waals surface area contributed by atoms with E-state index in [4.69, 9.17) is 16.9 Å². The van der Waals surface area contributed by atoms with Crippen LogP contribution in [0.15, 0.2) is 41.6 Å². The third-order valence-corrected chi connectivity index (χ3v) is 4.20. The molecule has 8 heteroatoms. The summed E-state index contributed by atoms with van der Waals surface area (Å²) in [4.78, 5) is 15.9. The van der Waals surface area contributed by atoms with Crippen LogP contribution >= 0.6 is 11.6 Å². The predicted octanol–water partition coefficient (Wildman–Crippen LogP) is 2.26. The molecule has 6 nitrogen and oxygen atoms in total. The summed E-state index contributed by atoms with van der Waals surface area (Å²) in [5.41, 5.74) is 0.276. The smallest absolute Gasteiger partial charge is 0.257 e. The van der Waals surface area contributed by atoms with Gasteiger partial charge in [0.1, 0.15) is 6.07 Å². The molecule has 0 aliphatic carbocycles. The van der Waals surface area contributed by atoms with Crippen LogP contribution in [0.2, 0.25) is 5.02 Å². The van der Waals surface area contributed by atoms with E-state index in [9.17, 15) is 13.2 Å². The number of carbonyl (C=O) groups is 1. The second kappa shape index (κ2) is 6.13. The van der Waals surface area contributed by atoms with E-state index in [0.717, 1.165) is 18.4 Å². The van der Waals surface area contributed by atoms with Crippen molar-refractivity contribution in [3.8, 4) is 6.07 Å². The summed E-state index contributed by atoms with van der Waals surface area (Å²) in [7, 11) is -3.69. The fourth-order valence-electron chi connectivity index (χ4n) is 1.76. The molecule has 0 aliphatic heterocycles. The lowest BCUT2D eigenvalue weighted by Crippen LogP contribution is -2.16. The van der Waals surface area contributed by atoms with Gasteiger partial charge in [0.15, 0.2) is 9.84 Å². The van der Waals surface area contributed by atoms with Crippen LogP contribution < -0.4 is 5.32 Å². The first kappa shape index (κ1) is 15.9. The summed E-state index contributed by atoms with van der Waals surface area (Å²) >= 11 is 5.84. The van der Waals surface area contributed by atoms with E-state index in [0.29, 0.717) is 5.69 Å². The van der Waals surface area contributed by atoms with E-state index in [1.807, 2.05) is 6.07 Å². The van der Waals surface area contributed by atoms with Crippen LogP contribution in [0.25, 0.3) is 0 Å². The number of hydrogen-bond acceptors (Lipinski definition) is 5. The summed E-state index contributed by atoms with van der Waals surface area (Å²) in [6, 6.07) is 7.30. The van der Waals surface area contributed by atoms with E-state index in [2.05, 4.69) is 10.3 Å². The van der Waals surface area contributed by atoms with Crippen LogP contribution in [0, 0.1) is 11.3 Å². The molecule has 1 aromatic carbocycles. The zero-order valence-corrected chi connectivity index (χ0v) is 12.9. The molecule has 0 saturated carbocycles. The van der Waals surface area contributed by atoms with Crippen molar-refractivity contribution in [2.75, 3.05) is 11.6 Å². The van der Waals surface area contributed by atoms with Crippen LogP contribution in [0.5, 0.6) is 0 Å². The van der Waals surface area contributed by atoms with Gasteiger partial charge >= 0.3 is 0 Å². The third kappa shape index (κ3) is 3.42. The van der Waals surface area contributed by atoms with Crippen molar-refractivity contribution in [3.63, 3.8) is 0 Å². The maximum absolute atomic E-state index is 12.3. The van der Waals surface area contributed by atoms with Crippen molar-refractivity contribution in [2.45, 2.75) is 4.90 Å². The van der Waals surface area contributed by atoms with Gasteiger partial charge in [0.25, 0.3) is 5.91 Å². The summed E-state index contributed by atoms with van der Waals surface area (Å²) in [5, 5.41) is 11.5. The van der Waals surface area contributed by atoms with Crippen molar-refractivity contribution >= 4 is 33.0 Å². The zero-order chi connectivity index (χ0) is 16.3. The van der Waals surface area contributed by atoms with Gasteiger partial charge in [-0.05, 0) is 24.3 Å². The normalized spacial score (nSPS) is 10.8. The van der Waals surface area contributed by atoms with Crippen molar-refractivity contribution < 1.29 is 13.2 Å². The zero-order valence-electron chi connectivity index (χ0n) is 11.4. The third-order valence-electron chi connectivity index (χ3n) is 2.75. The molecule has 0 unspecified atom stereocenters. The molecule has 0 aliphatic rings. The van der Waals surface area contributed by atoms with Crippen LogP contribution in [-0.4, -0.2) is 25.6 Å². The number of sulfone groups is 1. The number of carbonyl (C=O) groups excluding carboxylic acids is 1. The maximum Gasteiger partial charge on any atom is 0.257 e. The molecule has 0 bridgehead atoms.